The highest BCUT2D eigenvalue weighted by molar-refractivity contribution is 7.86. The summed E-state index contributed by atoms with van der Waals surface area (Å²) in [6.45, 7) is 7.19. The Labute approximate surface area is 211 Å². The van der Waals surface area contributed by atoms with Crippen LogP contribution in [0.4, 0.5) is 11.4 Å². The third-order valence-electron chi connectivity index (χ3n) is 4.87. The first-order valence-corrected chi connectivity index (χ1v) is 12.7. The van der Waals surface area contributed by atoms with Gasteiger partial charge in [-0.3, -0.25) is 23.5 Å². The highest BCUT2D eigenvalue weighted by Crippen LogP contribution is 2.34. The van der Waals surface area contributed by atoms with Crippen LogP contribution in [0.25, 0.3) is 0 Å². The number of amides is 3. The van der Waals surface area contributed by atoms with E-state index < -0.39 is 45.7 Å². The fraction of sp³-hybridized carbons (Fsp3) is 0.375. The van der Waals surface area contributed by atoms with Crippen molar-refractivity contribution in [1.29, 1.82) is 0 Å². The summed E-state index contributed by atoms with van der Waals surface area (Å²) in [5.41, 5.74) is 0.381. The van der Waals surface area contributed by atoms with E-state index in [9.17, 15) is 18.6 Å². The molecule has 11 heteroatoms. The lowest BCUT2D eigenvalue weighted by Crippen LogP contribution is -2.53. The topological polar surface area (TPSA) is 114 Å². The first kappa shape index (κ1) is 26.5. The number of anilines is 2. The van der Waals surface area contributed by atoms with Crippen molar-refractivity contribution in [1.82, 2.24) is 5.32 Å². The predicted octanol–water partition coefficient (Wildman–Crippen LogP) is 3.09. The molecule has 0 unspecified atom stereocenters. The molecule has 1 aliphatic rings. The Balaban J connectivity index is 1.67. The zero-order valence-electron chi connectivity index (χ0n) is 19.9. The summed E-state index contributed by atoms with van der Waals surface area (Å²) in [4.78, 5) is 39.6. The molecule has 0 saturated heterocycles. The summed E-state index contributed by atoms with van der Waals surface area (Å²) in [5.74, 6) is -1.21. The van der Waals surface area contributed by atoms with Gasteiger partial charge in [-0.25, -0.2) is 0 Å². The van der Waals surface area contributed by atoms with E-state index in [1.54, 1.807) is 49.4 Å². The number of hydrogen-bond acceptors (Lipinski definition) is 6. The van der Waals surface area contributed by atoms with Gasteiger partial charge in [0.25, 0.3) is 0 Å². The molecular weight excluding hydrogens is 494 g/mol. The Kier molecular flexibility index (Phi) is 8.39. The standard InChI is InChI=1S/C24H28ClN3O6S/c1-15(23(31)27-24(2,3)4)28(18-8-5-16(25)6-9-18)22(30)13-35(32)12-21(29)26-17-7-10-19-20(11-17)34-14-33-19/h5-11,15H,12-14H2,1-4H3,(H,26,29)(H,27,31)/t15-,35+/m0/s1. The van der Waals surface area contributed by atoms with Crippen LogP contribution in [0.3, 0.4) is 0 Å². The molecule has 3 rings (SSSR count). The fourth-order valence-electron chi connectivity index (χ4n) is 3.35. The van der Waals surface area contributed by atoms with Gasteiger partial charge in [0.05, 0.1) is 0 Å². The fourth-order valence-corrected chi connectivity index (χ4v) is 4.36. The molecule has 35 heavy (non-hydrogen) atoms. The lowest BCUT2D eigenvalue weighted by molar-refractivity contribution is -0.126. The first-order valence-electron chi connectivity index (χ1n) is 10.9. The summed E-state index contributed by atoms with van der Waals surface area (Å²) in [7, 11) is -1.82. The molecule has 2 aromatic carbocycles. The molecule has 0 bridgehead atoms. The van der Waals surface area contributed by atoms with Gasteiger partial charge in [0.2, 0.25) is 24.5 Å². The molecule has 2 atom stereocenters. The number of carbonyl (C=O) groups excluding carboxylic acids is 3. The second-order valence-corrected chi connectivity index (χ2v) is 10.9. The van der Waals surface area contributed by atoms with E-state index in [4.69, 9.17) is 21.1 Å². The molecule has 0 radical (unpaired) electrons. The van der Waals surface area contributed by atoms with Gasteiger partial charge in [-0.15, -0.1) is 0 Å². The van der Waals surface area contributed by atoms with Crippen LogP contribution in [-0.2, 0) is 25.2 Å². The van der Waals surface area contributed by atoms with Crippen LogP contribution in [0.2, 0.25) is 5.02 Å². The van der Waals surface area contributed by atoms with Crippen molar-refractivity contribution in [2.24, 2.45) is 0 Å². The molecule has 0 saturated carbocycles. The Hall–Kier alpha value is -3.11. The van der Waals surface area contributed by atoms with Gasteiger partial charge in [-0.1, -0.05) is 11.6 Å². The molecule has 2 N–H and O–H groups in total. The van der Waals surface area contributed by atoms with E-state index in [1.807, 2.05) is 20.8 Å². The van der Waals surface area contributed by atoms with E-state index in [2.05, 4.69) is 10.6 Å². The SMILES string of the molecule is C[C@@H](C(=O)NC(C)(C)C)N(C(=O)C[S@](=O)CC(=O)Nc1ccc2c(c1)OCO2)c1ccc(Cl)cc1. The van der Waals surface area contributed by atoms with Crippen LogP contribution < -0.4 is 25.0 Å². The molecule has 1 aliphatic heterocycles. The first-order chi connectivity index (χ1) is 16.4. The van der Waals surface area contributed by atoms with Crippen molar-refractivity contribution >= 4 is 51.5 Å². The van der Waals surface area contributed by atoms with Gasteiger partial charge in [-0.05, 0) is 64.1 Å². The van der Waals surface area contributed by atoms with Crippen molar-refractivity contribution in [3.63, 3.8) is 0 Å². The summed E-state index contributed by atoms with van der Waals surface area (Å²) in [5, 5.41) is 5.96. The van der Waals surface area contributed by atoms with Crippen LogP contribution in [0.15, 0.2) is 42.5 Å². The average molecular weight is 522 g/mol. The van der Waals surface area contributed by atoms with E-state index in [-0.39, 0.29) is 12.7 Å². The van der Waals surface area contributed by atoms with E-state index in [0.29, 0.717) is 27.9 Å². The smallest absolute Gasteiger partial charge is 0.243 e. The molecule has 0 aromatic heterocycles. The number of nitrogens with one attached hydrogen (secondary N) is 2. The Morgan fingerprint density at radius 3 is 2.37 bits per heavy atom. The second kappa shape index (κ2) is 11.1. The largest absolute Gasteiger partial charge is 0.454 e. The van der Waals surface area contributed by atoms with Gasteiger partial charge in [0, 0.05) is 38.8 Å². The van der Waals surface area contributed by atoms with Gasteiger partial charge in [-0.2, -0.15) is 0 Å². The summed E-state index contributed by atoms with van der Waals surface area (Å²) in [6.07, 6.45) is 0. The summed E-state index contributed by atoms with van der Waals surface area (Å²) in [6, 6.07) is 10.4. The van der Waals surface area contributed by atoms with Crippen molar-refractivity contribution in [2.75, 3.05) is 28.5 Å². The van der Waals surface area contributed by atoms with Crippen molar-refractivity contribution in [2.45, 2.75) is 39.3 Å². The Morgan fingerprint density at radius 1 is 1.06 bits per heavy atom. The lowest BCUT2D eigenvalue weighted by atomic mass is 10.1. The number of carbonyl (C=O) groups is 3. The highest BCUT2D eigenvalue weighted by atomic mass is 35.5. The van der Waals surface area contributed by atoms with Crippen molar-refractivity contribution < 1.29 is 28.1 Å². The van der Waals surface area contributed by atoms with Crippen molar-refractivity contribution in [3.8, 4) is 11.5 Å². The second-order valence-electron chi connectivity index (χ2n) is 9.00. The van der Waals surface area contributed by atoms with Gasteiger partial charge >= 0.3 is 0 Å². The summed E-state index contributed by atoms with van der Waals surface area (Å²) >= 11 is 5.97. The molecule has 9 nitrogen and oxygen atoms in total. The van der Waals surface area contributed by atoms with Gasteiger partial charge in [0.15, 0.2) is 11.5 Å². The molecule has 1 heterocycles. The number of rotatable bonds is 8. The minimum Gasteiger partial charge on any atom is -0.454 e. The predicted molar refractivity (Wildman–Crippen MR) is 135 cm³/mol. The molecule has 0 fully saturated rings. The van der Waals surface area contributed by atoms with E-state index in [1.165, 1.54) is 4.90 Å². The number of halogens is 1. The van der Waals surface area contributed by atoms with Crippen molar-refractivity contribution in [3.05, 3.63) is 47.5 Å². The maximum atomic E-state index is 13.2. The van der Waals surface area contributed by atoms with Crippen LogP contribution in [-0.4, -0.2) is 51.8 Å². The molecular formula is C24H28ClN3O6S. The average Bonchev–Trinajstić information content (AvgIpc) is 3.21. The maximum Gasteiger partial charge on any atom is 0.243 e. The van der Waals surface area contributed by atoms with Gasteiger partial charge < -0.3 is 20.1 Å². The number of benzene rings is 2. The van der Waals surface area contributed by atoms with Crippen LogP contribution in [0.1, 0.15) is 27.7 Å². The lowest BCUT2D eigenvalue weighted by Gasteiger charge is -2.31. The molecule has 0 spiro atoms. The maximum absolute atomic E-state index is 13.2. The third kappa shape index (κ3) is 7.43. The zero-order valence-corrected chi connectivity index (χ0v) is 21.5. The third-order valence-corrected chi connectivity index (χ3v) is 6.28. The number of ether oxygens (including phenoxy) is 2. The molecule has 188 valence electrons. The number of hydrogen-bond donors (Lipinski definition) is 2. The summed E-state index contributed by atoms with van der Waals surface area (Å²) < 4.78 is 23.2. The quantitative estimate of drug-likeness (QED) is 0.552. The Morgan fingerprint density at radius 2 is 1.71 bits per heavy atom. The normalized spacial score (nSPS) is 14.1. The minimum absolute atomic E-state index is 0.106. The van der Waals surface area contributed by atoms with E-state index >= 15 is 0 Å². The monoisotopic (exact) mass is 521 g/mol. The van der Waals surface area contributed by atoms with Crippen LogP contribution in [0.5, 0.6) is 11.5 Å². The van der Waals surface area contributed by atoms with Crippen LogP contribution in [0, 0.1) is 0 Å². The highest BCUT2D eigenvalue weighted by Gasteiger charge is 2.30. The number of fused-ring (bicyclic) bond motifs is 1. The molecule has 2 aromatic rings. The zero-order chi connectivity index (χ0) is 25.8. The van der Waals surface area contributed by atoms with E-state index in [0.717, 1.165) is 0 Å². The Bertz CT molecular complexity index is 1130. The molecule has 3 amide bonds. The minimum atomic E-state index is -1.82. The number of nitrogens with zero attached hydrogens (tertiary/aromatic N) is 1. The van der Waals surface area contributed by atoms with Crippen LogP contribution >= 0.6 is 11.6 Å². The molecule has 0 aliphatic carbocycles. The van der Waals surface area contributed by atoms with Gasteiger partial charge in [0.1, 0.15) is 17.5 Å².